The van der Waals surface area contributed by atoms with Gasteiger partial charge in [0.25, 0.3) is 0 Å². The second kappa shape index (κ2) is 3.86. The molecule has 0 aliphatic rings. The lowest BCUT2D eigenvalue weighted by atomic mass is 10.1. The number of hydrogen-bond donors (Lipinski definition) is 0. The van der Waals surface area contributed by atoms with Crippen molar-refractivity contribution in [1.29, 1.82) is 0 Å². The SMILES string of the molecule is C=C/C(C)=C(\C(=C)F)C(C)=O. The van der Waals surface area contributed by atoms with Crippen molar-refractivity contribution in [1.82, 2.24) is 0 Å². The van der Waals surface area contributed by atoms with E-state index in [1.165, 1.54) is 13.0 Å². The van der Waals surface area contributed by atoms with Gasteiger partial charge < -0.3 is 0 Å². The van der Waals surface area contributed by atoms with E-state index in [0.29, 0.717) is 5.57 Å². The monoisotopic (exact) mass is 154 g/mol. The molecule has 1 nitrogen and oxygen atoms in total. The summed E-state index contributed by atoms with van der Waals surface area (Å²) in [4.78, 5) is 10.8. The maximum atomic E-state index is 12.5. The summed E-state index contributed by atoms with van der Waals surface area (Å²) in [6, 6.07) is 0. The van der Waals surface area contributed by atoms with E-state index in [4.69, 9.17) is 0 Å². The summed E-state index contributed by atoms with van der Waals surface area (Å²) >= 11 is 0. The molecule has 0 aromatic carbocycles. The number of rotatable bonds is 3. The fourth-order valence-electron chi connectivity index (χ4n) is 0.785. The van der Waals surface area contributed by atoms with E-state index in [-0.39, 0.29) is 11.4 Å². The van der Waals surface area contributed by atoms with Gasteiger partial charge in [-0.3, -0.25) is 4.79 Å². The summed E-state index contributed by atoms with van der Waals surface area (Å²) in [7, 11) is 0. The van der Waals surface area contributed by atoms with Crippen LogP contribution in [0.5, 0.6) is 0 Å². The lowest BCUT2D eigenvalue weighted by Crippen LogP contribution is -1.98. The first-order valence-electron chi connectivity index (χ1n) is 3.19. The molecule has 0 N–H and O–H groups in total. The van der Waals surface area contributed by atoms with Crippen LogP contribution in [0, 0.1) is 0 Å². The van der Waals surface area contributed by atoms with Gasteiger partial charge in [-0.2, -0.15) is 0 Å². The summed E-state index contributed by atoms with van der Waals surface area (Å²) in [5.41, 5.74) is 0.546. The topological polar surface area (TPSA) is 17.1 Å². The van der Waals surface area contributed by atoms with Crippen molar-refractivity contribution in [2.45, 2.75) is 13.8 Å². The standard InChI is InChI=1S/C9H11FO/c1-5-6(2)9(7(3)10)8(4)11/h5H,1,3H2,2,4H3/b9-6+. The van der Waals surface area contributed by atoms with Gasteiger partial charge in [-0.15, -0.1) is 0 Å². The number of halogens is 1. The van der Waals surface area contributed by atoms with Gasteiger partial charge in [-0.25, -0.2) is 4.39 Å². The summed E-state index contributed by atoms with van der Waals surface area (Å²) in [6.07, 6.45) is 1.43. The Hall–Kier alpha value is -1.18. The average molecular weight is 154 g/mol. The predicted octanol–water partition coefficient (Wildman–Crippen LogP) is 2.56. The van der Waals surface area contributed by atoms with E-state index in [0.717, 1.165) is 0 Å². The van der Waals surface area contributed by atoms with Gasteiger partial charge in [-0.1, -0.05) is 19.2 Å². The van der Waals surface area contributed by atoms with Crippen LogP contribution in [-0.2, 0) is 4.79 Å². The van der Waals surface area contributed by atoms with E-state index >= 15 is 0 Å². The molecule has 0 saturated carbocycles. The van der Waals surface area contributed by atoms with Crippen molar-refractivity contribution in [3.8, 4) is 0 Å². The van der Waals surface area contributed by atoms with Crippen LogP contribution >= 0.6 is 0 Å². The zero-order valence-corrected chi connectivity index (χ0v) is 6.78. The fraction of sp³-hybridized carbons (Fsp3) is 0.222. The third-order valence-electron chi connectivity index (χ3n) is 1.32. The Bertz CT molecular complexity index is 220. The second-order valence-electron chi connectivity index (χ2n) is 2.22. The minimum Gasteiger partial charge on any atom is -0.294 e. The maximum absolute atomic E-state index is 12.5. The van der Waals surface area contributed by atoms with Crippen molar-refractivity contribution >= 4 is 5.78 Å². The molecule has 11 heavy (non-hydrogen) atoms. The van der Waals surface area contributed by atoms with Crippen LogP contribution in [-0.4, -0.2) is 5.78 Å². The Kier molecular flexibility index (Phi) is 3.45. The van der Waals surface area contributed by atoms with Crippen LogP contribution < -0.4 is 0 Å². The molecule has 0 unspecified atom stereocenters. The van der Waals surface area contributed by atoms with E-state index in [1.807, 2.05) is 0 Å². The lowest BCUT2D eigenvalue weighted by Gasteiger charge is -2.00. The highest BCUT2D eigenvalue weighted by Crippen LogP contribution is 2.15. The first kappa shape index (κ1) is 9.82. The molecule has 0 fully saturated rings. The van der Waals surface area contributed by atoms with Crippen molar-refractivity contribution in [2.75, 3.05) is 0 Å². The molecule has 0 aromatic rings. The Labute approximate surface area is 65.9 Å². The fourth-order valence-corrected chi connectivity index (χ4v) is 0.785. The van der Waals surface area contributed by atoms with Crippen molar-refractivity contribution in [3.63, 3.8) is 0 Å². The predicted molar refractivity (Wildman–Crippen MR) is 43.8 cm³/mol. The average Bonchev–Trinajstić information content (AvgIpc) is 1.85. The van der Waals surface area contributed by atoms with Crippen LogP contribution in [0.2, 0.25) is 0 Å². The minimum absolute atomic E-state index is 0.0278. The molecule has 2 heteroatoms. The van der Waals surface area contributed by atoms with Gasteiger partial charge in [0.1, 0.15) is 5.83 Å². The zero-order valence-electron chi connectivity index (χ0n) is 6.78. The van der Waals surface area contributed by atoms with Gasteiger partial charge >= 0.3 is 0 Å². The number of carbonyl (C=O) groups is 1. The number of hydrogen-bond acceptors (Lipinski definition) is 1. The Balaban J connectivity index is 5.04. The van der Waals surface area contributed by atoms with Crippen LogP contribution in [0.4, 0.5) is 4.39 Å². The summed E-state index contributed by atoms with van der Waals surface area (Å²) < 4.78 is 12.5. The smallest absolute Gasteiger partial charge is 0.162 e. The molecule has 0 amide bonds. The summed E-state index contributed by atoms with van der Waals surface area (Å²) in [5, 5.41) is 0. The minimum atomic E-state index is -0.699. The molecule has 0 aliphatic heterocycles. The van der Waals surface area contributed by atoms with Gasteiger partial charge in [0, 0.05) is 0 Å². The highest BCUT2D eigenvalue weighted by Gasteiger charge is 2.09. The number of allylic oxidation sites excluding steroid dienone is 4. The van der Waals surface area contributed by atoms with Crippen LogP contribution in [0.1, 0.15) is 13.8 Å². The van der Waals surface area contributed by atoms with E-state index in [9.17, 15) is 9.18 Å². The molecular formula is C9H11FO. The molecule has 0 atom stereocenters. The Morgan fingerprint density at radius 1 is 1.45 bits per heavy atom. The van der Waals surface area contributed by atoms with Crippen LogP contribution in [0.3, 0.4) is 0 Å². The first-order valence-corrected chi connectivity index (χ1v) is 3.19. The third kappa shape index (κ3) is 2.50. The largest absolute Gasteiger partial charge is 0.294 e. The molecular weight excluding hydrogens is 143 g/mol. The highest BCUT2D eigenvalue weighted by molar-refractivity contribution is 5.98. The molecule has 0 radical (unpaired) electrons. The maximum Gasteiger partial charge on any atom is 0.162 e. The molecule has 0 aromatic heterocycles. The van der Waals surface area contributed by atoms with Crippen LogP contribution in [0.15, 0.2) is 36.2 Å². The zero-order chi connectivity index (χ0) is 9.02. The lowest BCUT2D eigenvalue weighted by molar-refractivity contribution is -0.113. The normalized spacial score (nSPS) is 11.9. The number of ketones is 1. The van der Waals surface area contributed by atoms with Gasteiger partial charge in [0.15, 0.2) is 5.78 Å². The number of carbonyl (C=O) groups excluding carboxylic acids is 1. The Morgan fingerprint density at radius 3 is 2.00 bits per heavy atom. The molecule has 0 spiro atoms. The molecule has 0 rings (SSSR count). The second-order valence-corrected chi connectivity index (χ2v) is 2.22. The third-order valence-corrected chi connectivity index (χ3v) is 1.32. The van der Waals surface area contributed by atoms with Crippen molar-refractivity contribution < 1.29 is 9.18 Å². The summed E-state index contributed by atoms with van der Waals surface area (Å²) in [6.45, 7) is 9.40. The van der Waals surface area contributed by atoms with Crippen molar-refractivity contribution in [3.05, 3.63) is 36.2 Å². The van der Waals surface area contributed by atoms with Crippen LogP contribution in [0.25, 0.3) is 0 Å². The Morgan fingerprint density at radius 2 is 1.91 bits per heavy atom. The van der Waals surface area contributed by atoms with Gasteiger partial charge in [0.2, 0.25) is 0 Å². The quantitative estimate of drug-likeness (QED) is 0.451. The summed E-state index contributed by atoms with van der Waals surface area (Å²) in [5.74, 6) is -1.02. The number of Topliss-reactive ketones (excluding diaryl/α,β-unsaturated/α-hetero) is 1. The molecule has 0 saturated heterocycles. The first-order chi connectivity index (χ1) is 5.00. The molecule has 60 valence electrons. The van der Waals surface area contributed by atoms with Crippen molar-refractivity contribution in [2.24, 2.45) is 0 Å². The van der Waals surface area contributed by atoms with E-state index < -0.39 is 5.83 Å². The van der Waals surface area contributed by atoms with E-state index in [1.54, 1.807) is 6.92 Å². The molecule has 0 heterocycles. The highest BCUT2D eigenvalue weighted by atomic mass is 19.1. The van der Waals surface area contributed by atoms with Gasteiger partial charge in [-0.05, 0) is 19.4 Å². The van der Waals surface area contributed by atoms with Gasteiger partial charge in [0.05, 0.1) is 5.57 Å². The molecule has 0 bridgehead atoms. The molecule has 0 aliphatic carbocycles. The van der Waals surface area contributed by atoms with E-state index in [2.05, 4.69) is 13.2 Å².